The molecule has 9 nitrogen and oxygen atoms in total. The molecule has 1 fully saturated rings. The lowest BCUT2D eigenvalue weighted by molar-refractivity contribution is -0.159. The summed E-state index contributed by atoms with van der Waals surface area (Å²) in [5.74, 6) is -0.843. The third-order valence-corrected chi connectivity index (χ3v) is 7.48. The van der Waals surface area contributed by atoms with E-state index in [9.17, 15) is 18.0 Å². The number of rotatable bonds is 8. The van der Waals surface area contributed by atoms with E-state index in [4.69, 9.17) is 9.47 Å². The number of carbonyl (C=O) groups excluding carboxylic acids is 2. The molecule has 0 radical (unpaired) electrons. The quantitative estimate of drug-likeness (QED) is 0.355. The molecule has 1 N–H and O–H groups in total. The second-order valence-electron chi connectivity index (χ2n) is 10.1. The van der Waals surface area contributed by atoms with E-state index in [1.807, 2.05) is 37.3 Å². The lowest BCUT2D eigenvalue weighted by Crippen LogP contribution is -2.44. The minimum atomic E-state index is -3.97. The topological polar surface area (TPSA) is 115 Å². The Hall–Kier alpha value is -3.50. The molecule has 196 valence electrons. The van der Waals surface area contributed by atoms with Gasteiger partial charge >= 0.3 is 5.97 Å². The standard InChI is InChI=1S/C27H31N3O6S/c1-18-13-19(22-7-5-6-8-24(22)28-18)16-35-20-9-11-21(12-10-20)37(33,34)29-25-15-30(17-31)14-23(25)26(32)36-27(2,3)4/h5-13,17,23,25,29H,14-16H2,1-4H3/t23-,25+/m0/s1. The summed E-state index contributed by atoms with van der Waals surface area (Å²) in [5.41, 5.74) is 2.02. The van der Waals surface area contributed by atoms with Gasteiger partial charge in [0.15, 0.2) is 0 Å². The number of ether oxygens (including phenoxy) is 2. The predicted molar refractivity (Wildman–Crippen MR) is 138 cm³/mol. The third kappa shape index (κ3) is 6.44. The summed E-state index contributed by atoms with van der Waals surface area (Å²) in [4.78, 5) is 29.9. The normalized spacial score (nSPS) is 18.1. The maximum atomic E-state index is 13.1. The number of aromatic nitrogens is 1. The molecule has 1 saturated heterocycles. The first-order valence-electron chi connectivity index (χ1n) is 12.0. The Bertz CT molecular complexity index is 1400. The molecule has 10 heteroatoms. The molecule has 2 aromatic carbocycles. The Balaban J connectivity index is 1.45. The maximum absolute atomic E-state index is 13.1. The van der Waals surface area contributed by atoms with Crippen molar-refractivity contribution >= 4 is 33.3 Å². The first kappa shape index (κ1) is 26.6. The Morgan fingerprint density at radius 2 is 1.84 bits per heavy atom. The van der Waals surface area contributed by atoms with Gasteiger partial charge in [-0.3, -0.25) is 14.6 Å². The zero-order valence-electron chi connectivity index (χ0n) is 21.3. The zero-order valence-corrected chi connectivity index (χ0v) is 22.1. The van der Waals surface area contributed by atoms with Crippen LogP contribution in [0.5, 0.6) is 5.75 Å². The van der Waals surface area contributed by atoms with Crippen molar-refractivity contribution in [1.29, 1.82) is 0 Å². The van der Waals surface area contributed by atoms with Gasteiger partial charge in [0.2, 0.25) is 16.4 Å². The van der Waals surface area contributed by atoms with Gasteiger partial charge in [0.25, 0.3) is 0 Å². The second-order valence-corrected chi connectivity index (χ2v) is 11.8. The minimum absolute atomic E-state index is 0.0255. The number of nitrogens with one attached hydrogen (secondary N) is 1. The molecule has 2 atom stereocenters. The van der Waals surface area contributed by atoms with Crippen LogP contribution in [0.3, 0.4) is 0 Å². The van der Waals surface area contributed by atoms with E-state index < -0.39 is 33.6 Å². The van der Waals surface area contributed by atoms with E-state index in [-0.39, 0.29) is 18.0 Å². The molecule has 0 spiro atoms. The van der Waals surface area contributed by atoms with Gasteiger partial charge in [-0.05, 0) is 64.1 Å². The lowest BCUT2D eigenvalue weighted by Gasteiger charge is -2.24. The van der Waals surface area contributed by atoms with Gasteiger partial charge < -0.3 is 14.4 Å². The number of amides is 1. The summed E-state index contributed by atoms with van der Waals surface area (Å²) >= 11 is 0. The SMILES string of the molecule is Cc1cc(COc2ccc(S(=O)(=O)N[C@@H]3CN(C=O)C[C@@H]3C(=O)OC(C)(C)C)cc2)c2ccccc2n1. The number of pyridine rings is 1. The van der Waals surface area contributed by atoms with E-state index in [0.717, 1.165) is 22.2 Å². The van der Waals surface area contributed by atoms with E-state index in [1.165, 1.54) is 17.0 Å². The fourth-order valence-corrected chi connectivity index (χ4v) is 5.58. The summed E-state index contributed by atoms with van der Waals surface area (Å²) < 4.78 is 40.1. The fourth-order valence-electron chi connectivity index (χ4n) is 4.31. The molecule has 1 aliphatic rings. The van der Waals surface area contributed by atoms with Gasteiger partial charge in [-0.25, -0.2) is 13.1 Å². The van der Waals surface area contributed by atoms with Crippen LogP contribution in [0.2, 0.25) is 0 Å². The number of benzene rings is 2. The number of hydrogen-bond acceptors (Lipinski definition) is 7. The van der Waals surface area contributed by atoms with Gasteiger partial charge in [0.1, 0.15) is 18.0 Å². The van der Waals surface area contributed by atoms with Crippen LogP contribution in [0, 0.1) is 12.8 Å². The molecular formula is C27H31N3O6S. The van der Waals surface area contributed by atoms with Crippen molar-refractivity contribution in [2.24, 2.45) is 5.92 Å². The molecule has 4 rings (SSSR count). The van der Waals surface area contributed by atoms with Crippen LogP contribution in [0.1, 0.15) is 32.0 Å². The van der Waals surface area contributed by atoms with Gasteiger partial charge in [0.05, 0.1) is 22.4 Å². The summed E-state index contributed by atoms with van der Waals surface area (Å²) in [7, 11) is -3.97. The van der Waals surface area contributed by atoms with E-state index in [1.54, 1.807) is 32.9 Å². The van der Waals surface area contributed by atoms with Crippen LogP contribution in [0.4, 0.5) is 0 Å². The van der Waals surface area contributed by atoms with Crippen LogP contribution in [-0.4, -0.2) is 55.4 Å². The van der Waals surface area contributed by atoms with Crippen molar-refractivity contribution in [2.75, 3.05) is 13.1 Å². The number of aryl methyl sites for hydroxylation is 1. The molecule has 3 aromatic rings. The molecule has 0 bridgehead atoms. The number of para-hydroxylation sites is 1. The van der Waals surface area contributed by atoms with Crippen molar-refractivity contribution in [2.45, 2.75) is 50.8 Å². The second kappa shape index (κ2) is 10.5. The van der Waals surface area contributed by atoms with Gasteiger partial charge in [-0.15, -0.1) is 0 Å². The molecule has 37 heavy (non-hydrogen) atoms. The van der Waals surface area contributed by atoms with Crippen LogP contribution in [0.25, 0.3) is 10.9 Å². The number of nitrogens with zero attached hydrogens (tertiary/aromatic N) is 2. The van der Waals surface area contributed by atoms with Gasteiger partial charge in [0, 0.05) is 29.7 Å². The summed E-state index contributed by atoms with van der Waals surface area (Å²) in [6.45, 7) is 7.59. The maximum Gasteiger partial charge on any atom is 0.312 e. The van der Waals surface area contributed by atoms with Crippen molar-refractivity contribution in [3.8, 4) is 5.75 Å². The van der Waals surface area contributed by atoms with Crippen LogP contribution < -0.4 is 9.46 Å². The average molecular weight is 526 g/mol. The van der Waals surface area contributed by atoms with Crippen LogP contribution >= 0.6 is 0 Å². The van der Waals surface area contributed by atoms with Crippen LogP contribution in [-0.2, 0) is 31.0 Å². The highest BCUT2D eigenvalue weighted by atomic mass is 32.2. The summed E-state index contributed by atoms with van der Waals surface area (Å²) in [6.07, 6.45) is 0.602. The number of esters is 1. The third-order valence-electron chi connectivity index (χ3n) is 5.97. The molecule has 0 unspecified atom stereocenters. The van der Waals surface area contributed by atoms with E-state index in [0.29, 0.717) is 18.8 Å². The largest absolute Gasteiger partial charge is 0.489 e. The lowest BCUT2D eigenvalue weighted by atomic mass is 10.0. The Morgan fingerprint density at radius 3 is 2.51 bits per heavy atom. The highest BCUT2D eigenvalue weighted by molar-refractivity contribution is 7.89. The number of hydrogen-bond donors (Lipinski definition) is 1. The van der Waals surface area contributed by atoms with E-state index in [2.05, 4.69) is 9.71 Å². The Morgan fingerprint density at radius 1 is 1.14 bits per heavy atom. The highest BCUT2D eigenvalue weighted by Crippen LogP contribution is 2.25. The smallest absolute Gasteiger partial charge is 0.312 e. The fraction of sp³-hybridized carbons (Fsp3) is 0.370. The van der Waals surface area contributed by atoms with Crippen molar-refractivity contribution in [3.05, 3.63) is 65.9 Å². The molecule has 1 aromatic heterocycles. The number of likely N-dealkylation sites (tertiary alicyclic amines) is 1. The molecule has 1 amide bonds. The molecular weight excluding hydrogens is 494 g/mol. The van der Waals surface area contributed by atoms with Crippen molar-refractivity contribution in [3.63, 3.8) is 0 Å². The van der Waals surface area contributed by atoms with Gasteiger partial charge in [-0.1, -0.05) is 18.2 Å². The van der Waals surface area contributed by atoms with Crippen molar-refractivity contribution in [1.82, 2.24) is 14.6 Å². The molecule has 1 aliphatic heterocycles. The minimum Gasteiger partial charge on any atom is -0.489 e. The highest BCUT2D eigenvalue weighted by Gasteiger charge is 2.41. The van der Waals surface area contributed by atoms with Crippen molar-refractivity contribution < 1.29 is 27.5 Å². The molecule has 2 heterocycles. The number of carbonyl (C=O) groups is 2. The summed E-state index contributed by atoms with van der Waals surface area (Å²) in [5, 5.41) is 0.997. The molecule has 0 saturated carbocycles. The van der Waals surface area contributed by atoms with Crippen LogP contribution in [0.15, 0.2) is 59.5 Å². The number of fused-ring (bicyclic) bond motifs is 1. The predicted octanol–water partition coefficient (Wildman–Crippen LogP) is 3.20. The monoisotopic (exact) mass is 525 g/mol. The average Bonchev–Trinajstić information content (AvgIpc) is 3.24. The Labute approximate surface area is 216 Å². The summed E-state index contributed by atoms with van der Waals surface area (Å²) in [6, 6.07) is 15.0. The Kier molecular flexibility index (Phi) is 7.52. The van der Waals surface area contributed by atoms with Gasteiger partial charge in [-0.2, -0.15) is 0 Å². The number of sulfonamides is 1. The first-order chi connectivity index (χ1) is 17.4. The molecule has 0 aliphatic carbocycles. The first-order valence-corrected chi connectivity index (χ1v) is 13.5. The zero-order chi connectivity index (χ0) is 26.8. The van der Waals surface area contributed by atoms with E-state index >= 15 is 0 Å².